The van der Waals surface area contributed by atoms with Crippen molar-refractivity contribution in [2.45, 2.75) is 13.0 Å². The lowest BCUT2D eigenvalue weighted by atomic mass is 10.1. The Hall–Kier alpha value is -3.60. The molecule has 0 atom stereocenters. The van der Waals surface area contributed by atoms with Crippen LogP contribution in [0.25, 0.3) is 5.57 Å². The molecule has 0 aromatic heterocycles. The molecule has 1 N–H and O–H groups in total. The number of ether oxygens (including phenoxy) is 3. The maximum Gasteiger partial charge on any atom is 0.386 e. The van der Waals surface area contributed by atoms with E-state index in [-0.39, 0.29) is 24.3 Å². The standard InChI is InChI=1S/C22H20F3NO4/c1-3-12-29-19-9-4-15(13-20(19)28-2)10-11-26-21(27)18(14-30-22(24)25)16-5-7-17(23)8-6-16/h1,4-9,13-14,22H,10-12H2,2H3,(H,26,27). The van der Waals surface area contributed by atoms with Crippen LogP contribution in [0.5, 0.6) is 11.5 Å². The number of terminal acetylenes is 1. The molecular weight excluding hydrogens is 399 g/mol. The molecule has 158 valence electrons. The highest BCUT2D eigenvalue weighted by Gasteiger charge is 2.14. The molecule has 5 nitrogen and oxygen atoms in total. The third-order valence-corrected chi connectivity index (χ3v) is 3.93. The molecule has 0 aliphatic heterocycles. The molecular formula is C22H20F3NO4. The second-order valence-electron chi connectivity index (χ2n) is 5.92. The lowest BCUT2D eigenvalue weighted by Crippen LogP contribution is -2.27. The molecule has 0 radical (unpaired) electrons. The fourth-order valence-corrected chi connectivity index (χ4v) is 2.52. The summed E-state index contributed by atoms with van der Waals surface area (Å²) in [5.74, 6) is 2.20. The van der Waals surface area contributed by atoms with Crippen LogP contribution in [0.15, 0.2) is 48.7 Å². The third kappa shape index (κ3) is 6.78. The van der Waals surface area contributed by atoms with Gasteiger partial charge in [0.1, 0.15) is 18.7 Å². The van der Waals surface area contributed by atoms with E-state index in [0.29, 0.717) is 24.2 Å². The third-order valence-electron chi connectivity index (χ3n) is 3.93. The summed E-state index contributed by atoms with van der Waals surface area (Å²) >= 11 is 0. The SMILES string of the molecule is C#CCOc1ccc(CCNC(=O)C(=COC(F)F)c2ccc(F)cc2)cc1OC. The van der Waals surface area contributed by atoms with Crippen molar-refractivity contribution in [3.05, 3.63) is 65.7 Å². The van der Waals surface area contributed by atoms with Gasteiger partial charge in [0.2, 0.25) is 0 Å². The zero-order chi connectivity index (χ0) is 21.9. The smallest absolute Gasteiger partial charge is 0.386 e. The second kappa shape index (κ2) is 11.4. The maximum absolute atomic E-state index is 13.1. The minimum absolute atomic E-state index is 0.102. The van der Waals surface area contributed by atoms with Gasteiger partial charge in [-0.3, -0.25) is 4.79 Å². The number of hydrogen-bond acceptors (Lipinski definition) is 4. The number of hydrogen-bond donors (Lipinski definition) is 1. The molecule has 0 fully saturated rings. The van der Waals surface area contributed by atoms with Crippen LogP contribution in [0.2, 0.25) is 0 Å². The first-order valence-electron chi connectivity index (χ1n) is 8.85. The first kappa shape index (κ1) is 22.7. The summed E-state index contributed by atoms with van der Waals surface area (Å²) < 4.78 is 52.7. The maximum atomic E-state index is 13.1. The van der Waals surface area contributed by atoms with Crippen LogP contribution in [-0.4, -0.2) is 32.8 Å². The van der Waals surface area contributed by atoms with Gasteiger partial charge >= 0.3 is 6.61 Å². The number of amides is 1. The molecule has 0 spiro atoms. The first-order chi connectivity index (χ1) is 14.4. The summed E-state index contributed by atoms with van der Waals surface area (Å²) in [6, 6.07) is 10.1. The topological polar surface area (TPSA) is 56.8 Å². The van der Waals surface area contributed by atoms with E-state index in [1.54, 1.807) is 18.2 Å². The molecule has 0 bridgehead atoms. The molecule has 0 heterocycles. The Morgan fingerprint density at radius 2 is 1.93 bits per heavy atom. The zero-order valence-corrected chi connectivity index (χ0v) is 16.2. The molecule has 0 saturated carbocycles. The van der Waals surface area contributed by atoms with Crippen LogP contribution in [0.4, 0.5) is 13.2 Å². The van der Waals surface area contributed by atoms with Gasteiger partial charge in [0.05, 0.1) is 12.7 Å². The number of rotatable bonds is 10. The molecule has 0 aliphatic rings. The van der Waals surface area contributed by atoms with Gasteiger partial charge in [0.15, 0.2) is 11.5 Å². The van der Waals surface area contributed by atoms with Crippen molar-refractivity contribution in [3.63, 3.8) is 0 Å². The van der Waals surface area contributed by atoms with Gasteiger partial charge < -0.3 is 19.5 Å². The van der Waals surface area contributed by atoms with E-state index in [9.17, 15) is 18.0 Å². The van der Waals surface area contributed by atoms with Crippen molar-refractivity contribution in [1.29, 1.82) is 0 Å². The van der Waals surface area contributed by atoms with Gasteiger partial charge in [-0.2, -0.15) is 8.78 Å². The van der Waals surface area contributed by atoms with Crippen molar-refractivity contribution in [1.82, 2.24) is 5.32 Å². The van der Waals surface area contributed by atoms with Crippen LogP contribution in [0, 0.1) is 18.2 Å². The number of alkyl halides is 2. The summed E-state index contributed by atoms with van der Waals surface area (Å²) in [6.45, 7) is -2.78. The molecule has 1 amide bonds. The van der Waals surface area contributed by atoms with Gasteiger partial charge in [0.25, 0.3) is 5.91 Å². The van der Waals surface area contributed by atoms with Crippen LogP contribution in [0.1, 0.15) is 11.1 Å². The lowest BCUT2D eigenvalue weighted by molar-refractivity contribution is -0.116. The Kier molecular flexibility index (Phi) is 8.63. The fourth-order valence-electron chi connectivity index (χ4n) is 2.52. The quantitative estimate of drug-likeness (QED) is 0.362. The fraction of sp³-hybridized carbons (Fsp3) is 0.227. The van der Waals surface area contributed by atoms with Crippen molar-refractivity contribution < 1.29 is 32.2 Å². The molecule has 2 aromatic carbocycles. The molecule has 0 saturated heterocycles. The molecule has 0 aliphatic carbocycles. The van der Waals surface area contributed by atoms with Crippen LogP contribution in [0.3, 0.4) is 0 Å². The Morgan fingerprint density at radius 3 is 2.57 bits per heavy atom. The highest BCUT2D eigenvalue weighted by molar-refractivity contribution is 6.19. The predicted molar refractivity (Wildman–Crippen MR) is 106 cm³/mol. The molecule has 2 rings (SSSR count). The second-order valence-corrected chi connectivity index (χ2v) is 5.92. The monoisotopic (exact) mass is 419 g/mol. The number of carbonyl (C=O) groups excluding carboxylic acids is 1. The van der Waals surface area contributed by atoms with Crippen molar-refractivity contribution in [2.75, 3.05) is 20.3 Å². The molecule has 8 heteroatoms. The molecule has 30 heavy (non-hydrogen) atoms. The summed E-state index contributed by atoms with van der Waals surface area (Å²) in [5.41, 5.74) is 0.938. The molecule has 2 aromatic rings. The van der Waals surface area contributed by atoms with Crippen LogP contribution >= 0.6 is 0 Å². The van der Waals surface area contributed by atoms with Crippen LogP contribution < -0.4 is 14.8 Å². The summed E-state index contributed by atoms with van der Waals surface area (Å²) in [7, 11) is 1.49. The van der Waals surface area contributed by atoms with Crippen molar-refractivity contribution >= 4 is 11.5 Å². The average molecular weight is 419 g/mol. The predicted octanol–water partition coefficient (Wildman–Crippen LogP) is 3.79. The van der Waals surface area contributed by atoms with Crippen LogP contribution in [-0.2, 0) is 16.0 Å². The number of nitrogens with one attached hydrogen (secondary N) is 1. The zero-order valence-electron chi connectivity index (χ0n) is 16.2. The van der Waals surface area contributed by atoms with Gasteiger partial charge in [0, 0.05) is 6.54 Å². The van der Waals surface area contributed by atoms with E-state index in [1.807, 2.05) is 0 Å². The van der Waals surface area contributed by atoms with E-state index in [1.165, 1.54) is 19.2 Å². The number of benzene rings is 2. The van der Waals surface area contributed by atoms with E-state index in [4.69, 9.17) is 15.9 Å². The van der Waals surface area contributed by atoms with Crippen molar-refractivity contribution in [2.24, 2.45) is 0 Å². The minimum atomic E-state index is -3.09. The summed E-state index contributed by atoms with van der Waals surface area (Å²) in [4.78, 5) is 12.5. The average Bonchev–Trinajstić information content (AvgIpc) is 2.73. The Morgan fingerprint density at radius 1 is 1.20 bits per heavy atom. The number of methoxy groups -OCH3 is 1. The van der Waals surface area contributed by atoms with Crippen molar-refractivity contribution in [3.8, 4) is 23.8 Å². The van der Waals surface area contributed by atoms with E-state index in [0.717, 1.165) is 17.7 Å². The molecule has 0 unspecified atom stereocenters. The number of halogens is 3. The van der Waals surface area contributed by atoms with Gasteiger partial charge in [-0.1, -0.05) is 24.1 Å². The minimum Gasteiger partial charge on any atom is -0.493 e. The number of carbonyl (C=O) groups is 1. The largest absolute Gasteiger partial charge is 0.493 e. The highest BCUT2D eigenvalue weighted by Crippen LogP contribution is 2.28. The van der Waals surface area contributed by atoms with Gasteiger partial charge in [-0.05, 0) is 41.8 Å². The van der Waals surface area contributed by atoms with E-state index < -0.39 is 18.3 Å². The lowest BCUT2D eigenvalue weighted by Gasteiger charge is -2.12. The summed E-state index contributed by atoms with van der Waals surface area (Å²) in [6.07, 6.45) is 6.27. The van der Waals surface area contributed by atoms with E-state index >= 15 is 0 Å². The van der Waals surface area contributed by atoms with E-state index in [2.05, 4.69) is 16.0 Å². The Labute approximate surface area is 172 Å². The van der Waals surface area contributed by atoms with Gasteiger partial charge in [-0.15, -0.1) is 6.42 Å². The normalized spacial score (nSPS) is 11.0. The highest BCUT2D eigenvalue weighted by atomic mass is 19.3. The summed E-state index contributed by atoms with van der Waals surface area (Å²) in [5, 5.41) is 2.63. The van der Waals surface area contributed by atoms with Gasteiger partial charge in [-0.25, -0.2) is 4.39 Å². The first-order valence-corrected chi connectivity index (χ1v) is 8.85. The Balaban J connectivity index is 2.04. The Bertz CT molecular complexity index is 921.